The Kier molecular flexibility index (Phi) is 2.35. The molecule has 102 valence electrons. The Morgan fingerprint density at radius 1 is 0.952 bits per heavy atom. The minimum atomic E-state index is -0.246. The molecule has 0 aliphatic rings. The van der Waals surface area contributed by atoms with Gasteiger partial charge in [-0.25, -0.2) is 4.98 Å². The van der Waals surface area contributed by atoms with Crippen molar-refractivity contribution in [1.82, 2.24) is 15.0 Å². The summed E-state index contributed by atoms with van der Waals surface area (Å²) < 4.78 is 0. The zero-order valence-corrected chi connectivity index (χ0v) is 10.9. The van der Waals surface area contributed by atoms with Crippen LogP contribution in [0.5, 0.6) is 5.75 Å². The van der Waals surface area contributed by atoms with E-state index in [-0.39, 0.29) is 11.3 Å². The first kappa shape index (κ1) is 11.7. The first-order valence-corrected chi connectivity index (χ1v) is 6.52. The van der Waals surface area contributed by atoms with Crippen molar-refractivity contribution in [3.8, 4) is 17.1 Å². The van der Waals surface area contributed by atoms with Crippen LogP contribution in [0.4, 0.5) is 0 Å². The van der Waals surface area contributed by atoms with E-state index in [0.717, 1.165) is 16.4 Å². The van der Waals surface area contributed by atoms with Gasteiger partial charge in [0.15, 0.2) is 5.69 Å². The van der Waals surface area contributed by atoms with E-state index in [4.69, 9.17) is 0 Å². The molecule has 0 saturated carbocycles. The van der Waals surface area contributed by atoms with Crippen molar-refractivity contribution < 1.29 is 5.11 Å². The minimum Gasteiger partial charge on any atom is -0.508 e. The zero-order valence-electron chi connectivity index (χ0n) is 10.9. The number of aromatic amines is 2. The lowest BCUT2D eigenvalue weighted by Gasteiger charge is -2.00. The summed E-state index contributed by atoms with van der Waals surface area (Å²) in [5.41, 5.74) is 3.00. The summed E-state index contributed by atoms with van der Waals surface area (Å²) in [6, 6.07) is 14.2. The number of H-pyrrole nitrogens is 2. The van der Waals surface area contributed by atoms with E-state index >= 15 is 0 Å². The monoisotopic (exact) mass is 277 g/mol. The summed E-state index contributed by atoms with van der Waals surface area (Å²) >= 11 is 0. The lowest BCUT2D eigenvalue weighted by molar-refractivity contribution is 0.476. The van der Waals surface area contributed by atoms with Crippen LogP contribution in [0.15, 0.2) is 53.3 Å². The van der Waals surface area contributed by atoms with Gasteiger partial charge in [0.1, 0.15) is 5.75 Å². The third-order valence-electron chi connectivity index (χ3n) is 3.46. The third kappa shape index (κ3) is 1.87. The van der Waals surface area contributed by atoms with Gasteiger partial charge in [-0.15, -0.1) is 0 Å². The summed E-state index contributed by atoms with van der Waals surface area (Å²) in [5.74, 6) is 0.188. The Balaban J connectivity index is 1.99. The molecule has 4 rings (SSSR count). The number of hydrogen-bond donors (Lipinski definition) is 3. The number of aromatic hydroxyl groups is 1. The van der Waals surface area contributed by atoms with E-state index < -0.39 is 0 Å². The molecule has 0 bridgehead atoms. The highest BCUT2D eigenvalue weighted by Crippen LogP contribution is 2.24. The lowest BCUT2D eigenvalue weighted by atomic mass is 10.2. The molecule has 0 aliphatic carbocycles. The van der Waals surface area contributed by atoms with Crippen LogP contribution in [-0.4, -0.2) is 20.1 Å². The Hall–Kier alpha value is -3.08. The molecule has 5 heteroatoms. The van der Waals surface area contributed by atoms with Crippen LogP contribution >= 0.6 is 0 Å². The number of hydrogen-bond acceptors (Lipinski definition) is 3. The molecule has 0 aliphatic heterocycles. The first-order chi connectivity index (χ1) is 10.2. The number of phenolic OH excluding ortho intramolecular Hbond substituents is 1. The van der Waals surface area contributed by atoms with Gasteiger partial charge < -0.3 is 15.1 Å². The third-order valence-corrected chi connectivity index (χ3v) is 3.46. The van der Waals surface area contributed by atoms with Crippen molar-refractivity contribution in [2.75, 3.05) is 0 Å². The van der Waals surface area contributed by atoms with Gasteiger partial charge in [-0.05, 0) is 36.4 Å². The molecule has 0 amide bonds. The molecule has 2 aromatic heterocycles. The summed E-state index contributed by atoms with van der Waals surface area (Å²) in [4.78, 5) is 22.6. The number of aromatic nitrogens is 3. The Morgan fingerprint density at radius 2 is 1.81 bits per heavy atom. The number of para-hydroxylation sites is 2. The maximum atomic E-state index is 12.2. The van der Waals surface area contributed by atoms with Crippen LogP contribution in [0.1, 0.15) is 0 Å². The number of benzene rings is 2. The highest BCUT2D eigenvalue weighted by Gasteiger charge is 2.10. The number of fused-ring (bicyclic) bond motifs is 2. The molecule has 21 heavy (non-hydrogen) atoms. The van der Waals surface area contributed by atoms with Gasteiger partial charge in [-0.3, -0.25) is 4.79 Å². The van der Waals surface area contributed by atoms with E-state index in [2.05, 4.69) is 15.0 Å². The summed E-state index contributed by atoms with van der Waals surface area (Å²) in [6.07, 6.45) is 0. The maximum Gasteiger partial charge on any atom is 0.276 e. The second kappa shape index (κ2) is 4.21. The average Bonchev–Trinajstić information content (AvgIpc) is 2.89. The van der Waals surface area contributed by atoms with Gasteiger partial charge in [0, 0.05) is 10.9 Å². The van der Waals surface area contributed by atoms with Crippen molar-refractivity contribution >= 4 is 21.9 Å². The van der Waals surface area contributed by atoms with Crippen molar-refractivity contribution in [3.63, 3.8) is 0 Å². The molecule has 2 heterocycles. The molecular formula is C16H11N3O2. The Morgan fingerprint density at radius 3 is 2.71 bits per heavy atom. The van der Waals surface area contributed by atoms with Crippen LogP contribution in [-0.2, 0) is 0 Å². The maximum absolute atomic E-state index is 12.2. The van der Waals surface area contributed by atoms with Crippen molar-refractivity contribution in [1.29, 1.82) is 0 Å². The minimum absolute atomic E-state index is 0.188. The standard InChI is InChI=1S/C16H11N3O2/c20-10-5-6-11-9(7-10)8-14(17-11)15-16(21)19-13-4-2-1-3-12(13)18-15/h1-8,17,20H,(H,19,21). The second-order valence-electron chi connectivity index (χ2n) is 4.89. The molecule has 3 N–H and O–H groups in total. The van der Waals surface area contributed by atoms with Crippen LogP contribution in [0.25, 0.3) is 33.3 Å². The predicted octanol–water partition coefficient (Wildman–Crippen LogP) is 2.78. The number of rotatable bonds is 1. The van der Waals surface area contributed by atoms with Gasteiger partial charge in [0.25, 0.3) is 5.56 Å². The van der Waals surface area contributed by atoms with Gasteiger partial charge in [-0.1, -0.05) is 12.1 Å². The second-order valence-corrected chi connectivity index (χ2v) is 4.89. The molecule has 0 radical (unpaired) electrons. The van der Waals surface area contributed by atoms with E-state index in [1.165, 1.54) is 0 Å². The van der Waals surface area contributed by atoms with Crippen molar-refractivity contribution in [2.24, 2.45) is 0 Å². The average molecular weight is 277 g/mol. The quantitative estimate of drug-likeness (QED) is 0.500. The zero-order chi connectivity index (χ0) is 14.4. The van der Waals surface area contributed by atoms with Crippen molar-refractivity contribution in [2.45, 2.75) is 0 Å². The van der Waals surface area contributed by atoms with Gasteiger partial charge in [-0.2, -0.15) is 0 Å². The highest BCUT2D eigenvalue weighted by molar-refractivity contribution is 5.87. The molecular weight excluding hydrogens is 266 g/mol. The fourth-order valence-electron chi connectivity index (χ4n) is 2.46. The number of nitrogens with one attached hydrogen (secondary N) is 2. The number of phenols is 1. The molecule has 0 atom stereocenters. The molecule has 5 nitrogen and oxygen atoms in total. The molecule has 0 fully saturated rings. The van der Waals surface area contributed by atoms with Crippen LogP contribution in [0.2, 0.25) is 0 Å². The summed E-state index contributed by atoms with van der Waals surface area (Å²) in [6.45, 7) is 0. The predicted molar refractivity (Wildman–Crippen MR) is 81.3 cm³/mol. The first-order valence-electron chi connectivity index (χ1n) is 6.52. The fraction of sp³-hybridized carbons (Fsp3) is 0. The normalized spacial score (nSPS) is 11.2. The van der Waals surface area contributed by atoms with E-state index in [1.807, 2.05) is 24.3 Å². The number of nitrogens with zero attached hydrogens (tertiary/aromatic N) is 1. The smallest absolute Gasteiger partial charge is 0.276 e. The molecule has 0 unspecified atom stereocenters. The summed E-state index contributed by atoms with van der Waals surface area (Å²) in [7, 11) is 0. The van der Waals surface area contributed by atoms with Gasteiger partial charge in [0.05, 0.1) is 16.7 Å². The van der Waals surface area contributed by atoms with Crippen LogP contribution in [0, 0.1) is 0 Å². The van der Waals surface area contributed by atoms with Gasteiger partial charge >= 0.3 is 0 Å². The van der Waals surface area contributed by atoms with E-state index in [1.54, 1.807) is 24.3 Å². The van der Waals surface area contributed by atoms with E-state index in [0.29, 0.717) is 16.9 Å². The Labute approximate surface area is 118 Å². The lowest BCUT2D eigenvalue weighted by Crippen LogP contribution is -2.11. The summed E-state index contributed by atoms with van der Waals surface area (Å²) in [5, 5.41) is 10.3. The largest absolute Gasteiger partial charge is 0.508 e. The SMILES string of the molecule is O=c1[nH]c2ccccc2nc1-c1cc2cc(O)ccc2[nH]1. The fourth-order valence-corrected chi connectivity index (χ4v) is 2.46. The molecule has 4 aromatic rings. The van der Waals surface area contributed by atoms with Crippen LogP contribution < -0.4 is 5.56 Å². The Bertz CT molecular complexity index is 1030. The van der Waals surface area contributed by atoms with Gasteiger partial charge in [0.2, 0.25) is 0 Å². The molecule has 0 spiro atoms. The molecule has 0 saturated heterocycles. The van der Waals surface area contributed by atoms with E-state index in [9.17, 15) is 9.90 Å². The van der Waals surface area contributed by atoms with Crippen molar-refractivity contribution in [3.05, 3.63) is 58.9 Å². The topological polar surface area (TPSA) is 81.8 Å². The molecule has 2 aromatic carbocycles. The highest BCUT2D eigenvalue weighted by atomic mass is 16.3. The van der Waals surface area contributed by atoms with Crippen LogP contribution in [0.3, 0.4) is 0 Å².